The fourth-order valence-corrected chi connectivity index (χ4v) is 2.20. The van der Waals surface area contributed by atoms with E-state index >= 15 is 0 Å². The van der Waals surface area contributed by atoms with Gasteiger partial charge in [0.2, 0.25) is 0 Å². The molecule has 0 N–H and O–H groups in total. The summed E-state index contributed by atoms with van der Waals surface area (Å²) in [6.45, 7) is 10.5. The molecule has 1 aliphatic heterocycles. The van der Waals surface area contributed by atoms with Gasteiger partial charge in [0.15, 0.2) is 0 Å². The topological polar surface area (TPSA) is 23.6 Å². The quantitative estimate of drug-likeness (QED) is 0.700. The van der Waals surface area contributed by atoms with E-state index in [9.17, 15) is 4.79 Å². The van der Waals surface area contributed by atoms with Crippen LogP contribution in [0.4, 0.5) is 0 Å². The van der Waals surface area contributed by atoms with E-state index in [4.69, 9.17) is 0 Å². The zero-order chi connectivity index (χ0) is 11.4. The number of ketones is 1. The van der Waals surface area contributed by atoms with E-state index in [1.54, 1.807) is 6.92 Å². The smallest absolute Gasteiger partial charge is 0.131 e. The van der Waals surface area contributed by atoms with Crippen molar-refractivity contribution in [3.05, 3.63) is 0 Å². The van der Waals surface area contributed by atoms with Crippen molar-refractivity contribution in [2.24, 2.45) is 5.92 Å². The molecule has 15 heavy (non-hydrogen) atoms. The van der Waals surface area contributed by atoms with E-state index in [0.717, 1.165) is 26.2 Å². The molecule has 1 atom stereocenters. The Morgan fingerprint density at radius 1 is 1.40 bits per heavy atom. The number of hydrogen-bond donors (Lipinski definition) is 0. The molecule has 88 valence electrons. The zero-order valence-corrected chi connectivity index (χ0v) is 10.5. The van der Waals surface area contributed by atoms with Crippen LogP contribution in [0.2, 0.25) is 0 Å². The number of piperazine rings is 1. The van der Waals surface area contributed by atoms with Gasteiger partial charge in [-0.25, -0.2) is 0 Å². The van der Waals surface area contributed by atoms with Crippen molar-refractivity contribution in [2.75, 3.05) is 33.2 Å². The molecule has 1 aliphatic rings. The lowest BCUT2D eigenvalue weighted by atomic mass is 10.00. The van der Waals surface area contributed by atoms with Crippen molar-refractivity contribution in [1.29, 1.82) is 0 Å². The van der Waals surface area contributed by atoms with Gasteiger partial charge in [0, 0.05) is 38.6 Å². The highest BCUT2D eigenvalue weighted by Gasteiger charge is 2.26. The highest BCUT2D eigenvalue weighted by atomic mass is 16.1. The Kier molecular flexibility index (Phi) is 4.74. The SMILES string of the molecule is CC(=O)CCN1CCN(C)C(C(C)C)C1. The number of carbonyl (C=O) groups is 1. The molecule has 1 heterocycles. The summed E-state index contributed by atoms with van der Waals surface area (Å²) in [5, 5.41) is 0. The van der Waals surface area contributed by atoms with Crippen LogP contribution in [0, 0.1) is 5.92 Å². The second-order valence-corrected chi connectivity index (χ2v) is 5.04. The zero-order valence-electron chi connectivity index (χ0n) is 10.5. The van der Waals surface area contributed by atoms with E-state index in [2.05, 4.69) is 30.7 Å². The normalized spacial score (nSPS) is 24.7. The minimum Gasteiger partial charge on any atom is -0.301 e. The van der Waals surface area contributed by atoms with Gasteiger partial charge in [0.05, 0.1) is 0 Å². The summed E-state index contributed by atoms with van der Waals surface area (Å²) in [4.78, 5) is 15.8. The number of hydrogen-bond acceptors (Lipinski definition) is 3. The molecular formula is C12H24N2O. The lowest BCUT2D eigenvalue weighted by Crippen LogP contribution is -2.53. The van der Waals surface area contributed by atoms with Crippen molar-refractivity contribution in [2.45, 2.75) is 33.2 Å². The van der Waals surface area contributed by atoms with Gasteiger partial charge in [-0.1, -0.05) is 13.8 Å². The molecule has 3 nitrogen and oxygen atoms in total. The van der Waals surface area contributed by atoms with Crippen LogP contribution in [0.5, 0.6) is 0 Å². The highest BCUT2D eigenvalue weighted by molar-refractivity contribution is 5.75. The third kappa shape index (κ3) is 3.92. The summed E-state index contributed by atoms with van der Waals surface area (Å²) in [5.74, 6) is 0.991. The standard InChI is InChI=1S/C12H24N2O/c1-10(2)12-9-14(6-5-11(3)15)8-7-13(12)4/h10,12H,5-9H2,1-4H3. The predicted molar refractivity (Wildman–Crippen MR) is 63.0 cm³/mol. The predicted octanol–water partition coefficient (Wildman–Crippen LogP) is 1.24. The van der Waals surface area contributed by atoms with Gasteiger partial charge in [-0.2, -0.15) is 0 Å². The lowest BCUT2D eigenvalue weighted by molar-refractivity contribution is -0.117. The van der Waals surface area contributed by atoms with Crippen LogP contribution < -0.4 is 0 Å². The van der Waals surface area contributed by atoms with Crippen LogP contribution in [0.3, 0.4) is 0 Å². The summed E-state index contributed by atoms with van der Waals surface area (Å²) in [5.41, 5.74) is 0. The summed E-state index contributed by atoms with van der Waals surface area (Å²) in [7, 11) is 2.20. The van der Waals surface area contributed by atoms with Gasteiger partial charge in [-0.3, -0.25) is 4.79 Å². The second-order valence-electron chi connectivity index (χ2n) is 5.04. The highest BCUT2D eigenvalue weighted by Crippen LogP contribution is 2.15. The Balaban J connectivity index is 2.39. The maximum Gasteiger partial charge on any atom is 0.131 e. The van der Waals surface area contributed by atoms with Gasteiger partial charge in [-0.15, -0.1) is 0 Å². The van der Waals surface area contributed by atoms with Crippen LogP contribution in [-0.4, -0.2) is 54.9 Å². The Labute approximate surface area is 93.4 Å². The Bertz CT molecular complexity index is 216. The minimum atomic E-state index is 0.301. The molecule has 1 saturated heterocycles. The van der Waals surface area contributed by atoms with Crippen LogP contribution in [0.15, 0.2) is 0 Å². The average molecular weight is 212 g/mol. The maximum absolute atomic E-state index is 10.9. The first-order valence-electron chi connectivity index (χ1n) is 5.92. The van der Waals surface area contributed by atoms with Crippen molar-refractivity contribution >= 4 is 5.78 Å². The van der Waals surface area contributed by atoms with Crippen molar-refractivity contribution in [3.8, 4) is 0 Å². The lowest BCUT2D eigenvalue weighted by Gasteiger charge is -2.41. The fraction of sp³-hybridized carbons (Fsp3) is 0.917. The number of Topliss-reactive ketones (excluding diaryl/α,β-unsaturated/α-hetero) is 1. The molecule has 0 spiro atoms. The number of likely N-dealkylation sites (N-methyl/N-ethyl adjacent to an activating group) is 1. The van der Waals surface area contributed by atoms with E-state index in [1.807, 2.05) is 0 Å². The number of nitrogens with zero attached hydrogens (tertiary/aromatic N) is 2. The summed E-state index contributed by atoms with van der Waals surface area (Å²) >= 11 is 0. The molecule has 0 aromatic carbocycles. The van der Waals surface area contributed by atoms with Crippen LogP contribution in [0.25, 0.3) is 0 Å². The Morgan fingerprint density at radius 2 is 2.07 bits per heavy atom. The molecule has 0 aliphatic carbocycles. The average Bonchev–Trinajstić information content (AvgIpc) is 2.16. The first-order chi connectivity index (χ1) is 7.00. The van der Waals surface area contributed by atoms with E-state index in [1.165, 1.54) is 0 Å². The van der Waals surface area contributed by atoms with Crippen LogP contribution in [-0.2, 0) is 4.79 Å². The van der Waals surface area contributed by atoms with Gasteiger partial charge in [-0.05, 0) is 19.9 Å². The van der Waals surface area contributed by atoms with Gasteiger partial charge < -0.3 is 9.80 Å². The van der Waals surface area contributed by atoms with E-state index in [0.29, 0.717) is 24.2 Å². The van der Waals surface area contributed by atoms with Crippen molar-refractivity contribution in [3.63, 3.8) is 0 Å². The van der Waals surface area contributed by atoms with Gasteiger partial charge in [0.1, 0.15) is 5.78 Å². The molecule has 1 unspecified atom stereocenters. The molecular weight excluding hydrogens is 188 g/mol. The molecule has 0 saturated carbocycles. The Hall–Kier alpha value is -0.410. The third-order valence-corrected chi connectivity index (χ3v) is 3.33. The summed E-state index contributed by atoms with van der Waals surface area (Å²) < 4.78 is 0. The first kappa shape index (κ1) is 12.7. The largest absolute Gasteiger partial charge is 0.301 e. The van der Waals surface area contributed by atoms with Crippen LogP contribution >= 0.6 is 0 Å². The van der Waals surface area contributed by atoms with E-state index < -0.39 is 0 Å². The fourth-order valence-electron chi connectivity index (χ4n) is 2.20. The molecule has 1 rings (SSSR count). The second kappa shape index (κ2) is 5.61. The van der Waals surface area contributed by atoms with Crippen molar-refractivity contribution < 1.29 is 4.79 Å². The maximum atomic E-state index is 10.9. The van der Waals surface area contributed by atoms with Gasteiger partial charge >= 0.3 is 0 Å². The van der Waals surface area contributed by atoms with Gasteiger partial charge in [0.25, 0.3) is 0 Å². The molecule has 1 fully saturated rings. The molecule has 0 aromatic rings. The molecule has 3 heteroatoms. The number of carbonyl (C=O) groups excluding carboxylic acids is 1. The van der Waals surface area contributed by atoms with Crippen LogP contribution in [0.1, 0.15) is 27.2 Å². The molecule has 0 aromatic heterocycles. The Morgan fingerprint density at radius 3 is 2.60 bits per heavy atom. The monoisotopic (exact) mass is 212 g/mol. The molecule has 0 bridgehead atoms. The summed E-state index contributed by atoms with van der Waals surface area (Å²) in [6.07, 6.45) is 0.703. The molecule has 0 amide bonds. The summed E-state index contributed by atoms with van der Waals surface area (Å²) in [6, 6.07) is 0.644. The first-order valence-corrected chi connectivity index (χ1v) is 5.92. The molecule has 0 radical (unpaired) electrons. The third-order valence-electron chi connectivity index (χ3n) is 3.33. The minimum absolute atomic E-state index is 0.301. The van der Waals surface area contributed by atoms with E-state index in [-0.39, 0.29) is 0 Å². The van der Waals surface area contributed by atoms with Crippen molar-refractivity contribution in [1.82, 2.24) is 9.80 Å². The number of rotatable bonds is 4.